The smallest absolute Gasteiger partial charge is 0.174 e. The van der Waals surface area contributed by atoms with Gasteiger partial charge in [0.1, 0.15) is 22.9 Å². The van der Waals surface area contributed by atoms with Crippen molar-refractivity contribution >= 4 is 57.6 Å². The third-order valence-electron chi connectivity index (χ3n) is 6.12. The second kappa shape index (κ2) is 18.0. The number of pyridine rings is 2. The first-order valence-corrected chi connectivity index (χ1v) is 14.3. The molecule has 10 nitrogen and oxygen atoms in total. The fourth-order valence-corrected chi connectivity index (χ4v) is 4.05. The van der Waals surface area contributed by atoms with Gasteiger partial charge >= 0.3 is 0 Å². The Balaban J connectivity index is 0.000000293. The van der Waals surface area contributed by atoms with E-state index in [1.165, 1.54) is 12.4 Å². The summed E-state index contributed by atoms with van der Waals surface area (Å²) in [5.74, 6) is 1.06. The second-order valence-corrected chi connectivity index (χ2v) is 9.63. The van der Waals surface area contributed by atoms with Gasteiger partial charge in [0.05, 0.1) is 10.0 Å². The maximum atomic E-state index is 10.0. The summed E-state index contributed by atoms with van der Waals surface area (Å²) in [6, 6.07) is 17.4. The molecule has 2 aromatic heterocycles. The van der Waals surface area contributed by atoms with E-state index in [2.05, 4.69) is 67.9 Å². The molecule has 2 N–H and O–H groups in total. The molecule has 0 saturated heterocycles. The van der Waals surface area contributed by atoms with Crippen molar-refractivity contribution in [2.75, 3.05) is 36.0 Å². The molecule has 0 saturated carbocycles. The third kappa shape index (κ3) is 10.8. The number of hydrogen-bond donors (Lipinski definition) is 2. The summed E-state index contributed by atoms with van der Waals surface area (Å²) in [4.78, 5) is 12.3. The summed E-state index contributed by atoms with van der Waals surface area (Å²) in [6.07, 6.45) is 3.00. The standard InChI is InChI=1S/2C15H17ClN4O.Co/c2*1-3-20(4-2)12-6-7-13(14(21)9-12)18-19-15-8-5-11(16)10-17-15;/h2*5-10,21H,3-4H2,1-2H3;. The van der Waals surface area contributed by atoms with E-state index in [9.17, 15) is 10.2 Å². The van der Waals surface area contributed by atoms with Gasteiger partial charge in [0.15, 0.2) is 11.6 Å². The normalized spacial score (nSPS) is 10.7. The van der Waals surface area contributed by atoms with Crippen LogP contribution >= 0.6 is 23.2 Å². The van der Waals surface area contributed by atoms with Crippen LogP contribution in [0.25, 0.3) is 0 Å². The molecule has 4 rings (SSSR count). The summed E-state index contributed by atoms with van der Waals surface area (Å²) < 4.78 is 0. The van der Waals surface area contributed by atoms with Crippen molar-refractivity contribution in [2.45, 2.75) is 27.7 Å². The van der Waals surface area contributed by atoms with Crippen LogP contribution in [-0.2, 0) is 16.8 Å². The topological polar surface area (TPSA) is 122 Å². The van der Waals surface area contributed by atoms with Crippen molar-refractivity contribution in [3.63, 3.8) is 0 Å². The van der Waals surface area contributed by atoms with Crippen LogP contribution in [0.2, 0.25) is 10.0 Å². The molecular weight excluding hydrogens is 634 g/mol. The van der Waals surface area contributed by atoms with Crippen LogP contribution in [0.5, 0.6) is 11.5 Å². The maximum absolute atomic E-state index is 10.0. The van der Waals surface area contributed by atoms with Crippen molar-refractivity contribution in [2.24, 2.45) is 20.5 Å². The van der Waals surface area contributed by atoms with Crippen molar-refractivity contribution in [1.82, 2.24) is 9.97 Å². The first kappa shape index (κ1) is 35.4. The molecule has 4 aromatic rings. The summed E-state index contributed by atoms with van der Waals surface area (Å²) in [6.45, 7) is 11.8. The molecule has 43 heavy (non-hydrogen) atoms. The van der Waals surface area contributed by atoms with Gasteiger partial charge in [-0.05, 0) is 76.2 Å². The van der Waals surface area contributed by atoms with E-state index in [0.29, 0.717) is 33.1 Å². The van der Waals surface area contributed by atoms with Crippen LogP contribution in [-0.4, -0.2) is 46.4 Å². The number of phenols is 2. The molecule has 0 aliphatic rings. The Morgan fingerprint density at radius 1 is 0.581 bits per heavy atom. The fourth-order valence-electron chi connectivity index (χ4n) is 3.83. The van der Waals surface area contributed by atoms with Gasteiger partial charge in [-0.1, -0.05) is 23.2 Å². The van der Waals surface area contributed by atoms with Crippen molar-refractivity contribution in [3.05, 3.63) is 83.1 Å². The number of azo groups is 2. The van der Waals surface area contributed by atoms with Crippen LogP contribution in [0.4, 0.5) is 34.4 Å². The zero-order valence-electron chi connectivity index (χ0n) is 24.3. The van der Waals surface area contributed by atoms with Crippen molar-refractivity contribution in [3.8, 4) is 11.5 Å². The quantitative estimate of drug-likeness (QED) is 0.162. The molecule has 229 valence electrons. The monoisotopic (exact) mass is 667 g/mol. The Morgan fingerprint density at radius 2 is 0.953 bits per heavy atom. The summed E-state index contributed by atoms with van der Waals surface area (Å²) >= 11 is 11.5. The van der Waals surface area contributed by atoms with Gasteiger partial charge in [0, 0.05) is 78.9 Å². The van der Waals surface area contributed by atoms with E-state index in [-0.39, 0.29) is 28.3 Å². The number of aromatic hydroxyl groups is 2. The molecule has 0 unspecified atom stereocenters. The van der Waals surface area contributed by atoms with E-state index in [4.69, 9.17) is 23.2 Å². The Hall–Kier alpha value is -3.77. The molecule has 0 bridgehead atoms. The number of hydrogen-bond acceptors (Lipinski definition) is 10. The van der Waals surface area contributed by atoms with E-state index >= 15 is 0 Å². The maximum Gasteiger partial charge on any atom is 0.174 e. The molecule has 2 heterocycles. The second-order valence-electron chi connectivity index (χ2n) is 8.76. The van der Waals surface area contributed by atoms with Gasteiger partial charge in [-0.3, -0.25) is 0 Å². The predicted molar refractivity (Wildman–Crippen MR) is 170 cm³/mol. The zero-order valence-corrected chi connectivity index (χ0v) is 26.9. The van der Waals surface area contributed by atoms with Crippen LogP contribution in [0.1, 0.15) is 27.7 Å². The number of rotatable bonds is 10. The number of phenolic OH excluding ortho intramolecular Hbond substituents is 2. The van der Waals surface area contributed by atoms with Crippen LogP contribution in [0.15, 0.2) is 93.5 Å². The summed E-state index contributed by atoms with van der Waals surface area (Å²) in [7, 11) is 0. The SMILES string of the molecule is CCN(CC)c1ccc(N=Nc2ccc(Cl)cn2)c(O)c1.CCN(CC)c1ccc(N=Nc2ccc(Cl)cn2)c(O)c1.[Co]. The van der Waals surface area contributed by atoms with E-state index in [0.717, 1.165) is 37.6 Å². The van der Waals surface area contributed by atoms with Gasteiger partial charge in [0.25, 0.3) is 0 Å². The average molecular weight is 668 g/mol. The van der Waals surface area contributed by atoms with Gasteiger partial charge in [-0.15, -0.1) is 20.5 Å². The molecule has 0 atom stereocenters. The van der Waals surface area contributed by atoms with Crippen LogP contribution < -0.4 is 9.80 Å². The molecule has 0 spiro atoms. The van der Waals surface area contributed by atoms with E-state index < -0.39 is 0 Å². The van der Waals surface area contributed by atoms with Gasteiger partial charge in [-0.25, -0.2) is 9.97 Å². The number of anilines is 2. The Morgan fingerprint density at radius 3 is 1.23 bits per heavy atom. The van der Waals surface area contributed by atoms with Gasteiger partial charge in [0.2, 0.25) is 0 Å². The number of nitrogens with zero attached hydrogens (tertiary/aromatic N) is 8. The van der Waals surface area contributed by atoms with E-state index in [1.54, 1.807) is 48.5 Å². The first-order valence-electron chi connectivity index (χ1n) is 13.5. The Kier molecular flexibility index (Phi) is 14.8. The van der Waals surface area contributed by atoms with Crippen LogP contribution in [0.3, 0.4) is 0 Å². The Bertz CT molecular complexity index is 1370. The summed E-state index contributed by atoms with van der Waals surface area (Å²) in [5, 5.41) is 37.1. The molecule has 2 aromatic carbocycles. The number of benzene rings is 2. The Labute approximate surface area is 272 Å². The molecular formula is C30H34Cl2CoN8O2. The fraction of sp³-hybridized carbons (Fsp3) is 0.267. The van der Waals surface area contributed by atoms with Crippen molar-refractivity contribution in [1.29, 1.82) is 0 Å². The zero-order chi connectivity index (χ0) is 30.5. The van der Waals surface area contributed by atoms with Gasteiger partial charge < -0.3 is 20.0 Å². The third-order valence-corrected chi connectivity index (χ3v) is 6.57. The van der Waals surface area contributed by atoms with Crippen molar-refractivity contribution < 1.29 is 27.0 Å². The molecule has 0 aliphatic carbocycles. The molecule has 0 amide bonds. The molecule has 0 aliphatic heterocycles. The first-order chi connectivity index (χ1) is 20.3. The minimum absolute atomic E-state index is 0. The largest absolute Gasteiger partial charge is 0.506 e. The van der Waals surface area contributed by atoms with Gasteiger partial charge in [-0.2, -0.15) is 0 Å². The number of aromatic nitrogens is 2. The molecule has 13 heteroatoms. The molecule has 1 radical (unpaired) electrons. The van der Waals surface area contributed by atoms with E-state index in [1.807, 2.05) is 12.1 Å². The minimum atomic E-state index is 0. The molecule has 0 fully saturated rings. The predicted octanol–water partition coefficient (Wildman–Crippen LogP) is 9.40. The minimum Gasteiger partial charge on any atom is -0.506 e. The number of halogens is 2. The van der Waals surface area contributed by atoms with Crippen LogP contribution in [0, 0.1) is 0 Å². The average Bonchev–Trinajstić information content (AvgIpc) is 2.99. The summed E-state index contributed by atoms with van der Waals surface area (Å²) in [5.41, 5.74) is 2.73.